The van der Waals surface area contributed by atoms with Gasteiger partial charge in [-0.15, -0.1) is 0 Å². The Morgan fingerprint density at radius 1 is 0.926 bits per heavy atom. The second-order valence-corrected chi connectivity index (χ2v) is 7.22. The summed E-state index contributed by atoms with van der Waals surface area (Å²) >= 11 is 0. The van der Waals surface area contributed by atoms with Crippen LogP contribution in [0.5, 0.6) is 0 Å². The minimum atomic E-state index is -0.0379. The van der Waals surface area contributed by atoms with Gasteiger partial charge in [0.2, 0.25) is 5.91 Å². The van der Waals surface area contributed by atoms with Gasteiger partial charge in [-0.25, -0.2) is 0 Å². The maximum atomic E-state index is 12.4. The van der Waals surface area contributed by atoms with Crippen molar-refractivity contribution < 1.29 is 14.3 Å². The van der Waals surface area contributed by atoms with Crippen LogP contribution >= 0.6 is 0 Å². The van der Waals surface area contributed by atoms with E-state index in [4.69, 9.17) is 9.47 Å². The molecule has 5 heteroatoms. The Labute approximate surface area is 160 Å². The van der Waals surface area contributed by atoms with Crippen molar-refractivity contribution in [2.45, 2.75) is 19.1 Å². The SMILES string of the molecule is O=C(CN1CCC(C2OCCO2)CC1)Nc1ccc(-c2ccccc2)cc1. The largest absolute Gasteiger partial charge is 0.350 e. The molecule has 1 N–H and O–H groups in total. The van der Waals surface area contributed by atoms with Crippen LogP contribution in [0.1, 0.15) is 12.8 Å². The molecule has 2 fully saturated rings. The average Bonchev–Trinajstić information content (AvgIpc) is 3.25. The summed E-state index contributed by atoms with van der Waals surface area (Å²) in [6, 6.07) is 18.2. The highest BCUT2D eigenvalue weighted by Gasteiger charge is 2.30. The van der Waals surface area contributed by atoms with Crippen LogP contribution in [0.3, 0.4) is 0 Å². The Bertz CT molecular complexity index is 734. The van der Waals surface area contributed by atoms with Gasteiger partial charge in [0.05, 0.1) is 19.8 Å². The molecule has 0 aromatic heterocycles. The molecule has 4 rings (SSSR count). The lowest BCUT2D eigenvalue weighted by atomic mass is 9.96. The van der Waals surface area contributed by atoms with Gasteiger partial charge in [-0.05, 0) is 49.2 Å². The lowest BCUT2D eigenvalue weighted by molar-refractivity contribution is -0.119. The smallest absolute Gasteiger partial charge is 0.238 e. The highest BCUT2D eigenvalue weighted by molar-refractivity contribution is 5.92. The van der Waals surface area contributed by atoms with E-state index >= 15 is 0 Å². The number of likely N-dealkylation sites (tertiary alicyclic amines) is 1. The normalized spacial score (nSPS) is 19.3. The zero-order chi connectivity index (χ0) is 18.5. The molecule has 0 atom stereocenters. The molecule has 0 unspecified atom stereocenters. The number of ether oxygens (including phenoxy) is 2. The molecular weight excluding hydrogens is 340 g/mol. The van der Waals surface area contributed by atoms with E-state index in [2.05, 4.69) is 22.3 Å². The average molecular weight is 366 g/mol. The van der Waals surface area contributed by atoms with Gasteiger partial charge in [0.25, 0.3) is 0 Å². The molecule has 2 saturated heterocycles. The molecule has 27 heavy (non-hydrogen) atoms. The van der Waals surface area contributed by atoms with E-state index < -0.39 is 0 Å². The number of piperidine rings is 1. The Balaban J connectivity index is 1.25. The van der Waals surface area contributed by atoms with Gasteiger partial charge in [-0.2, -0.15) is 0 Å². The van der Waals surface area contributed by atoms with E-state index in [0.29, 0.717) is 25.7 Å². The highest BCUT2D eigenvalue weighted by Crippen LogP contribution is 2.26. The zero-order valence-corrected chi connectivity index (χ0v) is 15.5. The van der Waals surface area contributed by atoms with Crippen molar-refractivity contribution in [1.29, 1.82) is 0 Å². The number of hydrogen-bond donors (Lipinski definition) is 1. The number of nitrogens with zero attached hydrogens (tertiary/aromatic N) is 1. The first-order chi connectivity index (χ1) is 13.3. The number of carbonyl (C=O) groups is 1. The highest BCUT2D eigenvalue weighted by atomic mass is 16.7. The van der Waals surface area contributed by atoms with Crippen LogP contribution in [-0.2, 0) is 14.3 Å². The number of carbonyl (C=O) groups excluding carboxylic acids is 1. The molecule has 2 aliphatic rings. The van der Waals surface area contributed by atoms with Crippen LogP contribution in [0.15, 0.2) is 54.6 Å². The predicted molar refractivity (Wildman–Crippen MR) is 105 cm³/mol. The van der Waals surface area contributed by atoms with E-state index in [1.807, 2.05) is 42.5 Å². The van der Waals surface area contributed by atoms with Gasteiger partial charge in [-0.1, -0.05) is 42.5 Å². The molecular formula is C22H26N2O3. The summed E-state index contributed by atoms with van der Waals surface area (Å²) < 4.78 is 11.2. The zero-order valence-electron chi connectivity index (χ0n) is 15.5. The Hall–Kier alpha value is -2.21. The van der Waals surface area contributed by atoms with Gasteiger partial charge in [0.15, 0.2) is 6.29 Å². The van der Waals surface area contributed by atoms with E-state index in [9.17, 15) is 4.79 Å². The fourth-order valence-electron chi connectivity index (χ4n) is 3.81. The van der Waals surface area contributed by atoms with Crippen LogP contribution in [0.4, 0.5) is 5.69 Å². The Kier molecular flexibility index (Phi) is 5.82. The van der Waals surface area contributed by atoms with Crippen LogP contribution in [0.25, 0.3) is 11.1 Å². The Morgan fingerprint density at radius 3 is 2.22 bits per heavy atom. The lowest BCUT2D eigenvalue weighted by Gasteiger charge is -2.33. The summed E-state index contributed by atoms with van der Waals surface area (Å²) in [5.41, 5.74) is 3.16. The van der Waals surface area contributed by atoms with Crippen LogP contribution in [0.2, 0.25) is 0 Å². The second-order valence-electron chi connectivity index (χ2n) is 7.22. The quantitative estimate of drug-likeness (QED) is 0.881. The van der Waals surface area contributed by atoms with Crippen molar-refractivity contribution in [1.82, 2.24) is 4.90 Å². The lowest BCUT2D eigenvalue weighted by Crippen LogP contribution is -2.41. The monoisotopic (exact) mass is 366 g/mol. The van der Waals surface area contributed by atoms with E-state index in [1.165, 1.54) is 5.56 Å². The third kappa shape index (κ3) is 4.75. The minimum absolute atomic E-state index is 0.0364. The summed E-state index contributed by atoms with van der Waals surface area (Å²) in [5.74, 6) is 0.492. The Morgan fingerprint density at radius 2 is 1.56 bits per heavy atom. The topological polar surface area (TPSA) is 50.8 Å². The first-order valence-corrected chi connectivity index (χ1v) is 9.69. The third-order valence-electron chi connectivity index (χ3n) is 5.31. The van der Waals surface area contributed by atoms with Gasteiger partial charge < -0.3 is 14.8 Å². The molecule has 2 aliphatic heterocycles. The maximum Gasteiger partial charge on any atom is 0.238 e. The molecule has 5 nitrogen and oxygen atoms in total. The van der Waals surface area contributed by atoms with Crippen LogP contribution < -0.4 is 5.32 Å². The predicted octanol–water partition coefficient (Wildman–Crippen LogP) is 3.38. The van der Waals surface area contributed by atoms with E-state index in [0.717, 1.165) is 37.2 Å². The van der Waals surface area contributed by atoms with Crippen molar-refractivity contribution >= 4 is 11.6 Å². The number of anilines is 1. The van der Waals surface area contributed by atoms with E-state index in [1.54, 1.807) is 0 Å². The fourth-order valence-corrected chi connectivity index (χ4v) is 3.81. The standard InChI is InChI=1S/C22H26N2O3/c25-21(16-24-12-10-19(11-13-24)22-26-14-15-27-22)23-20-8-6-18(7-9-20)17-4-2-1-3-5-17/h1-9,19,22H,10-16H2,(H,23,25). The number of amides is 1. The van der Waals surface area contributed by atoms with Crippen molar-refractivity contribution in [2.24, 2.45) is 5.92 Å². The molecule has 2 aromatic rings. The summed E-state index contributed by atoms with van der Waals surface area (Å²) in [6.07, 6.45) is 2.00. The second kappa shape index (κ2) is 8.65. The van der Waals surface area contributed by atoms with Crippen molar-refractivity contribution in [2.75, 3.05) is 38.2 Å². The van der Waals surface area contributed by atoms with Crippen molar-refractivity contribution in [3.05, 3.63) is 54.6 Å². The first kappa shape index (κ1) is 18.2. The molecule has 2 heterocycles. The number of nitrogens with one attached hydrogen (secondary N) is 1. The van der Waals surface area contributed by atoms with Crippen LogP contribution in [-0.4, -0.2) is 49.9 Å². The van der Waals surface area contributed by atoms with Crippen LogP contribution in [0, 0.1) is 5.92 Å². The summed E-state index contributed by atoms with van der Waals surface area (Å²) in [4.78, 5) is 14.6. The molecule has 0 bridgehead atoms. The summed E-state index contributed by atoms with van der Waals surface area (Å²) in [6.45, 7) is 3.66. The van der Waals surface area contributed by atoms with Gasteiger partial charge in [-0.3, -0.25) is 9.69 Å². The number of rotatable bonds is 5. The molecule has 2 aromatic carbocycles. The molecule has 0 spiro atoms. The maximum absolute atomic E-state index is 12.4. The number of benzene rings is 2. The van der Waals surface area contributed by atoms with Gasteiger partial charge >= 0.3 is 0 Å². The summed E-state index contributed by atoms with van der Waals surface area (Å²) in [5, 5.41) is 3.00. The summed E-state index contributed by atoms with van der Waals surface area (Å²) in [7, 11) is 0. The molecule has 142 valence electrons. The molecule has 0 radical (unpaired) electrons. The molecule has 1 amide bonds. The van der Waals surface area contributed by atoms with Gasteiger partial charge in [0, 0.05) is 11.6 Å². The van der Waals surface area contributed by atoms with Gasteiger partial charge in [0.1, 0.15) is 0 Å². The van der Waals surface area contributed by atoms with Crippen molar-refractivity contribution in [3.8, 4) is 11.1 Å². The third-order valence-corrected chi connectivity index (χ3v) is 5.31. The fraction of sp³-hybridized carbons (Fsp3) is 0.409. The van der Waals surface area contributed by atoms with E-state index in [-0.39, 0.29) is 12.2 Å². The first-order valence-electron chi connectivity index (χ1n) is 9.69. The minimum Gasteiger partial charge on any atom is -0.350 e. The number of hydrogen-bond acceptors (Lipinski definition) is 4. The molecule has 0 saturated carbocycles. The molecule has 0 aliphatic carbocycles. The van der Waals surface area contributed by atoms with Crippen molar-refractivity contribution in [3.63, 3.8) is 0 Å².